The van der Waals surface area contributed by atoms with Crippen LogP contribution in [0.1, 0.15) is 148 Å². The Balaban J connectivity index is 1.18. The van der Waals surface area contributed by atoms with Crippen LogP contribution in [-0.4, -0.2) is 281 Å². The van der Waals surface area contributed by atoms with Gasteiger partial charge in [-0.3, -0.25) is 82.1 Å². The van der Waals surface area contributed by atoms with E-state index in [1.54, 1.807) is 88.5 Å². The fourth-order valence-electron chi connectivity index (χ4n) is 14.6. The lowest BCUT2D eigenvalue weighted by Crippen LogP contribution is -2.63. The summed E-state index contributed by atoms with van der Waals surface area (Å²) in [6.45, 7) is 9.35. The summed E-state index contributed by atoms with van der Waals surface area (Å²) >= 11 is 0. The van der Waals surface area contributed by atoms with Gasteiger partial charge >= 0.3 is 17.9 Å². The Hall–Kier alpha value is -13.7. The van der Waals surface area contributed by atoms with Crippen LogP contribution in [0.2, 0.25) is 0 Å². The highest BCUT2D eigenvalue weighted by Gasteiger charge is 2.43. The molecule has 0 saturated carbocycles. The van der Waals surface area contributed by atoms with Crippen LogP contribution in [0.3, 0.4) is 0 Å². The van der Waals surface area contributed by atoms with E-state index in [2.05, 4.69) is 89.4 Å². The number of aliphatic carboxylic acids is 3. The van der Waals surface area contributed by atoms with E-state index in [0.29, 0.717) is 40.4 Å². The second-order valence-electron chi connectivity index (χ2n) is 33.2. The van der Waals surface area contributed by atoms with E-state index in [-0.39, 0.29) is 101 Å². The molecule has 0 radical (unpaired) electrons. The molecule has 3 heterocycles. The number of unbranched alkanes of at least 4 members (excludes halogenated alkanes) is 1. The largest absolute Gasteiger partial charge is 0.508 e. The van der Waals surface area contributed by atoms with Crippen LogP contribution in [0.5, 0.6) is 5.75 Å². The number of nitrogens with zero attached hydrogens (tertiary/aromatic N) is 2. The number of H-pyrrole nitrogens is 2. The number of amides is 14. The number of nitrogens with one attached hydrogen (secondary N) is 17. The zero-order valence-corrected chi connectivity index (χ0v) is 74.7. The molecule has 1 aliphatic heterocycles. The normalized spacial score (nSPS) is 15.8. The number of fused-ring (bicyclic) bond motifs is 1. The number of hydrogen-bond donors (Lipinski definition) is 26. The molecule has 132 heavy (non-hydrogen) atoms. The van der Waals surface area contributed by atoms with Gasteiger partial charge in [-0.1, -0.05) is 109 Å². The highest BCUT2D eigenvalue weighted by atomic mass is 16.4. The molecule has 29 N–H and O–H groups in total. The number of aromatic hydroxyl groups is 1. The number of likely N-dealkylation sites (tertiary alicyclic amines) is 1. The van der Waals surface area contributed by atoms with Crippen molar-refractivity contribution in [1.29, 1.82) is 5.41 Å². The minimum Gasteiger partial charge on any atom is -0.508 e. The number of imidazole rings is 1. The predicted octanol–water partition coefficient (Wildman–Crippen LogP) is -3.94. The molecule has 1 aliphatic rings. The lowest BCUT2D eigenvalue weighted by molar-refractivity contribution is -0.143. The summed E-state index contributed by atoms with van der Waals surface area (Å²) in [5, 5.41) is 105. The molecule has 6 rings (SSSR count). The van der Waals surface area contributed by atoms with Gasteiger partial charge in [-0.05, 0) is 124 Å². The average molecular weight is 1850 g/mol. The predicted molar refractivity (Wildman–Crippen MR) is 476 cm³/mol. The summed E-state index contributed by atoms with van der Waals surface area (Å²) in [4.78, 5) is 249. The summed E-state index contributed by atoms with van der Waals surface area (Å²) < 4.78 is 0. The summed E-state index contributed by atoms with van der Waals surface area (Å²) in [7, 11) is 0. The van der Waals surface area contributed by atoms with Gasteiger partial charge in [-0.2, -0.15) is 0 Å². The molecule has 16 atom stereocenters. The number of para-hydroxylation sites is 1. The first-order valence-corrected chi connectivity index (χ1v) is 43.7. The topological polar surface area (TPSA) is 730 Å². The number of carboxylic acid groups (broad SMARTS) is 3. The van der Waals surface area contributed by atoms with Gasteiger partial charge in [0, 0.05) is 68.5 Å². The van der Waals surface area contributed by atoms with Crippen LogP contribution in [0.25, 0.3) is 10.9 Å². The van der Waals surface area contributed by atoms with E-state index < -0.39 is 248 Å². The molecule has 0 unspecified atom stereocenters. The van der Waals surface area contributed by atoms with Crippen molar-refractivity contribution >= 4 is 117 Å². The van der Waals surface area contributed by atoms with Crippen molar-refractivity contribution in [2.24, 2.45) is 35.0 Å². The van der Waals surface area contributed by atoms with Crippen molar-refractivity contribution in [3.63, 3.8) is 0 Å². The molecule has 0 spiro atoms. The second-order valence-corrected chi connectivity index (χ2v) is 33.2. The fraction of sp³-hybridized carbons (Fsp3) is 0.529. The molecular weight excluding hydrogens is 1720 g/mol. The van der Waals surface area contributed by atoms with Crippen molar-refractivity contribution in [2.45, 2.75) is 242 Å². The van der Waals surface area contributed by atoms with E-state index in [0.717, 1.165) is 11.8 Å². The van der Waals surface area contributed by atoms with Crippen LogP contribution >= 0.6 is 0 Å². The Kier molecular flexibility index (Phi) is 43.4. The molecule has 3 aromatic carbocycles. The van der Waals surface area contributed by atoms with Crippen molar-refractivity contribution in [3.8, 4) is 5.75 Å². The van der Waals surface area contributed by atoms with E-state index in [9.17, 15) is 97.8 Å². The number of carbonyl (C=O) groups is 17. The highest BCUT2D eigenvalue weighted by molar-refractivity contribution is 6.02. The van der Waals surface area contributed by atoms with Gasteiger partial charge in [0.25, 0.3) is 0 Å². The SMILES string of the molecule is CC[C@H](C)[C@H](NC(=O)[C@@H](NC(=O)[C@@H](NC(=O)[C@H](CO)NC(=O)[C@@H]1CCCN1C(=O)[C@H](CCCNC(=N)N)NC(=O)[C@H](Cc1c[nH]cn1)NC(=O)[C@H](CC(=O)O)NC(=O)[C@H](CCC(=O)O)NC(=O)CN)[C@@H](C)O)C(C)C)C(=O)N[C@@H](CC(C)C)C(=O)N[C@@H](Cc1ccccc1)C(=O)N[C@@H](Cc1ccc(O)cc1)C(=O)N[C@@H](Cc1c[nH]c2ccccc12)C(=O)N[C@@H](CCCCN)C(=O)O. The lowest BCUT2D eigenvalue weighted by atomic mass is 9.95. The lowest BCUT2D eigenvalue weighted by Gasteiger charge is -2.32. The number of phenolic OH excluding ortho intramolecular Hbond substituents is 1. The van der Waals surface area contributed by atoms with E-state index in [1.165, 1.54) is 50.6 Å². The molecule has 1 saturated heterocycles. The monoisotopic (exact) mass is 1850 g/mol. The van der Waals surface area contributed by atoms with Crippen LogP contribution in [0.4, 0.5) is 0 Å². The fourth-order valence-corrected chi connectivity index (χ4v) is 14.6. The van der Waals surface area contributed by atoms with Crippen LogP contribution in [-0.2, 0) is 107 Å². The molecular formula is C87H126N22O23. The highest BCUT2D eigenvalue weighted by Crippen LogP contribution is 2.24. The summed E-state index contributed by atoms with van der Waals surface area (Å²) in [6.07, 6.45) is -0.000542. The number of carboxylic acids is 3. The molecule has 722 valence electrons. The zero-order valence-electron chi connectivity index (χ0n) is 74.7. The molecule has 14 amide bonds. The first-order chi connectivity index (χ1) is 62.6. The number of carbonyl (C=O) groups excluding carboxylic acids is 14. The van der Waals surface area contributed by atoms with Gasteiger partial charge in [0.05, 0.1) is 37.7 Å². The standard InChI is InChI=1S/C87H126N22O23/c1-8-47(6)71(83(128)104-59(34-45(2)3)74(119)99-60(35-49-18-10-9-11-19-49)75(120)100-61(36-50-25-27-53(112)28-26-50)76(121)101-62(37-51-41-94-55-21-13-12-20-54(51)55)77(122)98-58(86(131)132)22-14-15-31-88)107-82(127)70(46(4)5)106-84(129)72(48(7)111)108-80(125)65(43-110)105-81(126)66-24-17-33-109(66)85(130)57(23-16-32-93-87(90)91)97-78(123)63(38-52-42-92-44-95-52)102-79(124)64(39-69(116)117)103-73(118)56(29-30-68(114)115)96-67(113)40-89/h9-13,18-21,25-28,41-42,44-48,56-66,70-72,94,110-112H,8,14-17,22-24,29-40,43,88-89H2,1-7H3,(H,92,95)(H,96,113)(H,97,123)(H,98,122)(H,99,119)(H,100,120)(H,101,121)(H,102,124)(H,103,118)(H,104,128)(H,105,126)(H,106,129)(H,107,127)(H,108,125)(H,114,115)(H,116,117)(H,131,132)(H4,90,91,93)/t47-,48+,56-,57-,58-,59-,60-,61-,62-,63-,64-,65-,66-,70-,71-,72-/m0/s1. The van der Waals surface area contributed by atoms with E-state index in [4.69, 9.17) is 22.6 Å². The van der Waals surface area contributed by atoms with Crippen LogP contribution in [0, 0.1) is 23.2 Å². The first-order valence-electron chi connectivity index (χ1n) is 43.7. The van der Waals surface area contributed by atoms with Crippen molar-refractivity contribution in [1.82, 2.24) is 94.3 Å². The Morgan fingerprint density at radius 2 is 1.05 bits per heavy atom. The van der Waals surface area contributed by atoms with E-state index in [1.807, 2.05) is 0 Å². The molecule has 45 heteroatoms. The third kappa shape index (κ3) is 34.3. The van der Waals surface area contributed by atoms with Crippen LogP contribution < -0.4 is 91.6 Å². The van der Waals surface area contributed by atoms with Crippen molar-refractivity contribution in [3.05, 3.63) is 120 Å². The Labute approximate surface area is 761 Å². The Morgan fingerprint density at radius 3 is 1.60 bits per heavy atom. The first kappa shape index (κ1) is 107. The molecule has 1 fully saturated rings. The number of aliphatic hydroxyl groups excluding tert-OH is 2. The van der Waals surface area contributed by atoms with Gasteiger partial charge in [-0.25, -0.2) is 9.78 Å². The molecule has 0 bridgehead atoms. The van der Waals surface area contributed by atoms with Gasteiger partial charge < -0.3 is 137 Å². The maximum Gasteiger partial charge on any atom is 0.326 e. The third-order valence-corrected chi connectivity index (χ3v) is 22.0. The number of rotatable bonds is 56. The van der Waals surface area contributed by atoms with Crippen molar-refractivity contribution in [2.75, 3.05) is 32.8 Å². The number of hydrogen-bond acceptors (Lipinski definition) is 24. The number of guanidine groups is 1. The minimum absolute atomic E-state index is 0.00564. The van der Waals surface area contributed by atoms with Gasteiger partial charge in [0.2, 0.25) is 82.7 Å². The number of aromatic nitrogens is 3. The molecule has 0 aliphatic carbocycles. The number of benzene rings is 3. The summed E-state index contributed by atoms with van der Waals surface area (Å²) in [5.74, 6) is -20.9. The Bertz CT molecular complexity index is 4770. The quantitative estimate of drug-likeness (QED) is 0.0100. The number of nitrogens with two attached hydrogens (primary N) is 3. The smallest absolute Gasteiger partial charge is 0.326 e. The van der Waals surface area contributed by atoms with Gasteiger partial charge in [0.15, 0.2) is 5.96 Å². The van der Waals surface area contributed by atoms with Gasteiger partial charge in [0.1, 0.15) is 90.3 Å². The summed E-state index contributed by atoms with van der Waals surface area (Å²) in [6, 6.07) is -1.08. The maximum atomic E-state index is 15.2. The Morgan fingerprint density at radius 1 is 0.530 bits per heavy atom. The zero-order chi connectivity index (χ0) is 97.6. The maximum absolute atomic E-state index is 15.2. The van der Waals surface area contributed by atoms with Crippen molar-refractivity contribution < 1.29 is 112 Å². The molecule has 5 aromatic rings. The second kappa shape index (κ2) is 53.5. The number of phenols is 1. The number of aliphatic hydroxyl groups is 2. The summed E-state index contributed by atoms with van der Waals surface area (Å²) in [5.41, 5.74) is 19.0. The van der Waals surface area contributed by atoms with Gasteiger partial charge in [-0.15, -0.1) is 0 Å². The number of aromatic amines is 2. The minimum atomic E-state index is -1.98. The molecule has 2 aromatic heterocycles. The third-order valence-electron chi connectivity index (χ3n) is 22.0. The molecule has 45 nitrogen and oxygen atoms in total. The van der Waals surface area contributed by atoms with Crippen LogP contribution in [0.15, 0.2) is 97.6 Å². The average Bonchev–Trinajstić information content (AvgIpc) is 1.63. The van der Waals surface area contributed by atoms with E-state index >= 15 is 14.4 Å².